The number of carbonyl (C=O) groups excluding carboxylic acids is 1. The zero-order chi connectivity index (χ0) is 17.9. The molecule has 0 aliphatic rings. The number of aromatic carboxylic acids is 1. The fourth-order valence-electron chi connectivity index (χ4n) is 2.04. The average molecular weight is 331 g/mol. The van der Waals surface area contributed by atoms with Gasteiger partial charge in [-0.25, -0.2) is 4.79 Å². The van der Waals surface area contributed by atoms with Crippen LogP contribution in [0.1, 0.15) is 26.3 Å². The number of phenolic OH excluding ortho intramolecular Hbond substituents is 2. The Morgan fingerprint density at radius 2 is 1.58 bits per heavy atom. The highest BCUT2D eigenvalue weighted by Crippen LogP contribution is 2.29. The lowest BCUT2D eigenvalue weighted by molar-refractivity contribution is -0.136. The van der Waals surface area contributed by atoms with Gasteiger partial charge in [-0.2, -0.15) is 0 Å². The number of carbonyl (C=O) groups is 3. The van der Waals surface area contributed by atoms with Gasteiger partial charge in [-0.15, -0.1) is 0 Å². The summed E-state index contributed by atoms with van der Waals surface area (Å²) in [7, 11) is 0. The second-order valence-corrected chi connectivity index (χ2v) is 4.91. The lowest BCUT2D eigenvalue weighted by Gasteiger charge is -2.10. The molecule has 0 atom stereocenters. The van der Waals surface area contributed by atoms with Crippen molar-refractivity contribution in [3.05, 3.63) is 53.1 Å². The number of amides is 1. The number of rotatable bonds is 5. The van der Waals surface area contributed by atoms with E-state index in [1.54, 1.807) is 0 Å². The molecule has 0 radical (unpaired) electrons. The molecule has 8 heteroatoms. The van der Waals surface area contributed by atoms with Crippen LogP contribution in [0.4, 0.5) is 5.69 Å². The summed E-state index contributed by atoms with van der Waals surface area (Å²) >= 11 is 0. The summed E-state index contributed by atoms with van der Waals surface area (Å²) in [5, 5.41) is 39.6. The standard InChI is InChI=1S/C16H13NO7/c18-11-5-9(6-13(19)20)14(21)12(7-11)15(22)17-10-3-1-8(2-4-10)16(23)24/h1-5,7,18,21H,6H2,(H,17,22)(H,19,20)(H,23,24). The Balaban J connectivity index is 2.27. The van der Waals surface area contributed by atoms with E-state index < -0.39 is 30.0 Å². The van der Waals surface area contributed by atoms with Crippen LogP contribution in [-0.4, -0.2) is 38.3 Å². The maximum absolute atomic E-state index is 12.2. The molecule has 0 saturated carbocycles. The van der Waals surface area contributed by atoms with E-state index in [9.17, 15) is 24.6 Å². The van der Waals surface area contributed by atoms with Crippen molar-refractivity contribution in [1.82, 2.24) is 0 Å². The van der Waals surface area contributed by atoms with Crippen molar-refractivity contribution in [2.24, 2.45) is 0 Å². The smallest absolute Gasteiger partial charge is 0.335 e. The zero-order valence-corrected chi connectivity index (χ0v) is 12.2. The van der Waals surface area contributed by atoms with Crippen molar-refractivity contribution in [1.29, 1.82) is 0 Å². The molecule has 0 unspecified atom stereocenters. The zero-order valence-electron chi connectivity index (χ0n) is 12.2. The van der Waals surface area contributed by atoms with Crippen LogP contribution < -0.4 is 5.32 Å². The first-order chi connectivity index (χ1) is 11.3. The van der Waals surface area contributed by atoms with Crippen molar-refractivity contribution in [3.63, 3.8) is 0 Å². The van der Waals surface area contributed by atoms with E-state index in [4.69, 9.17) is 10.2 Å². The quantitative estimate of drug-likeness (QED) is 0.524. The van der Waals surface area contributed by atoms with Gasteiger partial charge in [-0.05, 0) is 36.4 Å². The number of benzene rings is 2. The van der Waals surface area contributed by atoms with Crippen molar-refractivity contribution in [2.75, 3.05) is 5.32 Å². The number of anilines is 1. The number of phenols is 2. The van der Waals surface area contributed by atoms with Gasteiger partial charge in [0.15, 0.2) is 0 Å². The fourth-order valence-corrected chi connectivity index (χ4v) is 2.04. The predicted octanol–water partition coefficient (Wildman–Crippen LogP) is 1.68. The molecule has 0 aliphatic carbocycles. The number of carboxylic acids is 2. The molecule has 0 saturated heterocycles. The van der Waals surface area contributed by atoms with Crippen molar-refractivity contribution in [3.8, 4) is 11.5 Å². The van der Waals surface area contributed by atoms with Crippen molar-refractivity contribution < 1.29 is 34.8 Å². The number of hydrogen-bond acceptors (Lipinski definition) is 5. The van der Waals surface area contributed by atoms with Crippen LogP contribution in [0.2, 0.25) is 0 Å². The van der Waals surface area contributed by atoms with E-state index >= 15 is 0 Å². The van der Waals surface area contributed by atoms with Crippen LogP contribution in [0.15, 0.2) is 36.4 Å². The second-order valence-electron chi connectivity index (χ2n) is 4.91. The van der Waals surface area contributed by atoms with E-state index in [2.05, 4.69) is 5.32 Å². The molecule has 1 amide bonds. The van der Waals surface area contributed by atoms with Gasteiger partial charge in [0, 0.05) is 11.3 Å². The van der Waals surface area contributed by atoms with E-state index in [0.29, 0.717) is 0 Å². The largest absolute Gasteiger partial charge is 0.508 e. The van der Waals surface area contributed by atoms with Gasteiger partial charge in [0.05, 0.1) is 17.5 Å². The minimum atomic E-state index is -1.23. The molecule has 0 aliphatic heterocycles. The van der Waals surface area contributed by atoms with Crippen molar-refractivity contribution in [2.45, 2.75) is 6.42 Å². The van der Waals surface area contributed by atoms with E-state index in [-0.39, 0.29) is 28.1 Å². The van der Waals surface area contributed by atoms with Gasteiger partial charge in [-0.3, -0.25) is 9.59 Å². The van der Waals surface area contributed by atoms with Gasteiger partial charge in [0.2, 0.25) is 0 Å². The first-order valence-electron chi connectivity index (χ1n) is 6.69. The van der Waals surface area contributed by atoms with Gasteiger partial charge in [-0.1, -0.05) is 0 Å². The molecule has 24 heavy (non-hydrogen) atoms. The fraction of sp³-hybridized carbons (Fsp3) is 0.0625. The van der Waals surface area contributed by atoms with Crippen molar-refractivity contribution >= 4 is 23.5 Å². The highest BCUT2D eigenvalue weighted by atomic mass is 16.4. The van der Waals surface area contributed by atoms with Crippen LogP contribution in [0.5, 0.6) is 11.5 Å². The van der Waals surface area contributed by atoms with E-state index in [0.717, 1.165) is 12.1 Å². The number of nitrogens with one attached hydrogen (secondary N) is 1. The van der Waals surface area contributed by atoms with Crippen LogP contribution in [0.25, 0.3) is 0 Å². The SMILES string of the molecule is O=C(O)Cc1cc(O)cc(C(=O)Nc2ccc(C(=O)O)cc2)c1O. The third kappa shape index (κ3) is 3.80. The minimum Gasteiger partial charge on any atom is -0.508 e. The summed E-state index contributed by atoms with van der Waals surface area (Å²) in [6, 6.07) is 7.36. The average Bonchev–Trinajstić information content (AvgIpc) is 2.50. The molecule has 2 aromatic carbocycles. The Hall–Kier alpha value is -3.55. The molecule has 0 fully saturated rings. The lowest BCUT2D eigenvalue weighted by atomic mass is 10.0. The predicted molar refractivity (Wildman–Crippen MR) is 82.5 cm³/mol. The highest BCUT2D eigenvalue weighted by molar-refractivity contribution is 6.07. The maximum atomic E-state index is 12.2. The molecule has 0 bridgehead atoms. The summed E-state index contributed by atoms with van der Waals surface area (Å²) < 4.78 is 0. The summed E-state index contributed by atoms with van der Waals surface area (Å²) in [5.41, 5.74) is -0.0908. The molecule has 2 rings (SSSR count). The second kappa shape index (κ2) is 6.69. The Morgan fingerprint density at radius 1 is 0.958 bits per heavy atom. The molecule has 0 aromatic heterocycles. The summed E-state index contributed by atoms with van der Waals surface area (Å²) in [6.07, 6.45) is -0.562. The monoisotopic (exact) mass is 331 g/mol. The number of aromatic hydroxyl groups is 2. The highest BCUT2D eigenvalue weighted by Gasteiger charge is 2.18. The van der Waals surface area contributed by atoms with Crippen LogP contribution in [0.3, 0.4) is 0 Å². The number of carboxylic acid groups (broad SMARTS) is 2. The minimum absolute atomic E-state index is 0.0388. The molecule has 0 spiro atoms. The molecule has 2 aromatic rings. The first-order valence-corrected chi connectivity index (χ1v) is 6.69. The maximum Gasteiger partial charge on any atom is 0.335 e. The molecule has 5 N–H and O–H groups in total. The Kier molecular flexibility index (Phi) is 4.69. The number of hydrogen-bond donors (Lipinski definition) is 5. The molecule has 124 valence electrons. The summed E-state index contributed by atoms with van der Waals surface area (Å²) in [5.74, 6) is -4.04. The van der Waals surface area contributed by atoms with Crippen LogP contribution in [-0.2, 0) is 11.2 Å². The van der Waals surface area contributed by atoms with Gasteiger partial charge >= 0.3 is 11.9 Å². The summed E-state index contributed by atoms with van der Waals surface area (Å²) in [6.45, 7) is 0. The summed E-state index contributed by atoms with van der Waals surface area (Å²) in [4.78, 5) is 33.7. The Morgan fingerprint density at radius 3 is 2.12 bits per heavy atom. The molecule has 8 nitrogen and oxygen atoms in total. The van der Waals surface area contributed by atoms with Gasteiger partial charge in [0.25, 0.3) is 5.91 Å². The van der Waals surface area contributed by atoms with Crippen LogP contribution >= 0.6 is 0 Å². The van der Waals surface area contributed by atoms with E-state index in [1.165, 1.54) is 24.3 Å². The number of aliphatic carboxylic acids is 1. The molecular weight excluding hydrogens is 318 g/mol. The topological polar surface area (TPSA) is 144 Å². The van der Waals surface area contributed by atoms with Gasteiger partial charge < -0.3 is 25.7 Å². The molecule has 0 heterocycles. The third-order valence-electron chi connectivity index (χ3n) is 3.15. The van der Waals surface area contributed by atoms with Crippen LogP contribution in [0, 0.1) is 0 Å². The van der Waals surface area contributed by atoms with Gasteiger partial charge in [0.1, 0.15) is 11.5 Å². The Bertz CT molecular complexity index is 812. The third-order valence-corrected chi connectivity index (χ3v) is 3.15. The van der Waals surface area contributed by atoms with E-state index in [1.807, 2.05) is 0 Å². The normalized spacial score (nSPS) is 10.2. The Labute approximate surface area is 135 Å². The lowest BCUT2D eigenvalue weighted by Crippen LogP contribution is -2.13. The molecular formula is C16H13NO7. The first kappa shape index (κ1) is 16.8.